The fourth-order valence-corrected chi connectivity index (χ4v) is 2.93. The smallest absolute Gasteiger partial charge is 0.400 e. The Hall–Kier alpha value is -1.73. The lowest BCUT2D eigenvalue weighted by Gasteiger charge is -2.35. The Morgan fingerprint density at radius 3 is 2.45 bits per heavy atom. The molecule has 1 saturated heterocycles. The molecule has 0 spiro atoms. The molecule has 0 amide bonds. The maximum absolute atomic E-state index is 12.6. The van der Waals surface area contributed by atoms with Gasteiger partial charge in [0.15, 0.2) is 0 Å². The second kappa shape index (κ2) is 6.58. The molecule has 0 aromatic heterocycles. The molecule has 2 rings (SSSR count). The summed E-state index contributed by atoms with van der Waals surface area (Å²) in [5.41, 5.74) is 9.22. The van der Waals surface area contributed by atoms with Crippen LogP contribution in [0.3, 0.4) is 0 Å². The number of hydrazine groups is 1. The van der Waals surface area contributed by atoms with Crippen molar-refractivity contribution in [2.45, 2.75) is 43.9 Å². The van der Waals surface area contributed by atoms with Crippen LogP contribution in [-0.4, -0.2) is 12.1 Å². The van der Waals surface area contributed by atoms with Crippen molar-refractivity contribution in [2.24, 2.45) is 11.6 Å². The Morgan fingerprint density at radius 1 is 1.27 bits per heavy atom. The number of piperidine rings is 1. The molecular weight excluding hydrogens is 293 g/mol. The van der Waals surface area contributed by atoms with Gasteiger partial charge in [-0.15, -0.1) is 0 Å². The third kappa shape index (κ3) is 3.92. The van der Waals surface area contributed by atoms with Gasteiger partial charge in [-0.2, -0.15) is 13.2 Å². The lowest BCUT2D eigenvalue weighted by atomic mass is 9.82. The number of benzene rings is 1. The fraction of sp³-hybridized carbons (Fsp3) is 0.467. The number of hydrogen-bond donors (Lipinski definition) is 4. The quantitative estimate of drug-likeness (QED) is 0.509. The summed E-state index contributed by atoms with van der Waals surface area (Å²) >= 11 is 0. The summed E-state index contributed by atoms with van der Waals surface area (Å²) < 4.78 is 37.9. The molecular formula is C15H21F3N4. The zero-order valence-corrected chi connectivity index (χ0v) is 12.3. The standard InChI is InChI=1S/C15H21F3N4/c1-9-6-11(7-14(22-9)13(19)8-21-20)10-2-4-12(5-3-10)15(16,17)18/h2-5,8-9,11,14,21-22H,6-7,19-20H2,1H3/b13-8-. The molecule has 3 atom stereocenters. The van der Waals surface area contributed by atoms with Crippen LogP contribution in [0, 0.1) is 0 Å². The van der Waals surface area contributed by atoms with Crippen LogP contribution in [0.1, 0.15) is 36.8 Å². The van der Waals surface area contributed by atoms with E-state index in [1.54, 1.807) is 12.1 Å². The number of nitrogens with one attached hydrogen (secondary N) is 2. The summed E-state index contributed by atoms with van der Waals surface area (Å²) in [7, 11) is 0. The van der Waals surface area contributed by atoms with E-state index in [1.165, 1.54) is 6.20 Å². The van der Waals surface area contributed by atoms with Crippen molar-refractivity contribution in [3.05, 3.63) is 47.3 Å². The third-order valence-corrected chi connectivity index (χ3v) is 4.01. The van der Waals surface area contributed by atoms with E-state index in [0.717, 1.165) is 30.5 Å². The zero-order chi connectivity index (χ0) is 16.3. The van der Waals surface area contributed by atoms with Crippen molar-refractivity contribution < 1.29 is 13.2 Å². The summed E-state index contributed by atoms with van der Waals surface area (Å²) in [6.45, 7) is 2.03. The third-order valence-electron chi connectivity index (χ3n) is 4.01. The predicted molar refractivity (Wildman–Crippen MR) is 79.4 cm³/mol. The molecule has 1 heterocycles. The summed E-state index contributed by atoms with van der Waals surface area (Å²) in [5.74, 6) is 5.39. The highest BCUT2D eigenvalue weighted by molar-refractivity contribution is 5.28. The first-order valence-corrected chi connectivity index (χ1v) is 7.16. The Kier molecular flexibility index (Phi) is 4.97. The van der Waals surface area contributed by atoms with E-state index < -0.39 is 11.7 Å². The van der Waals surface area contributed by atoms with Crippen LogP contribution >= 0.6 is 0 Å². The van der Waals surface area contributed by atoms with E-state index in [9.17, 15) is 13.2 Å². The molecule has 1 aliphatic rings. The summed E-state index contributed by atoms with van der Waals surface area (Å²) in [6.07, 6.45) is -1.20. The van der Waals surface area contributed by atoms with Crippen molar-refractivity contribution in [3.63, 3.8) is 0 Å². The molecule has 1 fully saturated rings. The lowest BCUT2D eigenvalue weighted by Crippen LogP contribution is -2.46. The average molecular weight is 314 g/mol. The van der Waals surface area contributed by atoms with Gasteiger partial charge in [0, 0.05) is 24.0 Å². The number of alkyl halides is 3. The van der Waals surface area contributed by atoms with Gasteiger partial charge in [0.1, 0.15) is 0 Å². The van der Waals surface area contributed by atoms with Crippen molar-refractivity contribution in [3.8, 4) is 0 Å². The Bertz CT molecular complexity index is 525. The maximum atomic E-state index is 12.6. The Balaban J connectivity index is 2.15. The van der Waals surface area contributed by atoms with Gasteiger partial charge in [0.2, 0.25) is 0 Å². The van der Waals surface area contributed by atoms with E-state index in [4.69, 9.17) is 11.6 Å². The monoisotopic (exact) mass is 314 g/mol. The van der Waals surface area contributed by atoms with Crippen molar-refractivity contribution in [1.82, 2.24) is 10.7 Å². The molecule has 0 aliphatic carbocycles. The topological polar surface area (TPSA) is 76.1 Å². The van der Waals surface area contributed by atoms with E-state index in [2.05, 4.69) is 10.7 Å². The normalized spacial score (nSPS) is 26.8. The van der Waals surface area contributed by atoms with Crippen LogP contribution in [0.2, 0.25) is 0 Å². The summed E-state index contributed by atoms with van der Waals surface area (Å²) in [4.78, 5) is 0. The van der Waals surface area contributed by atoms with Gasteiger partial charge in [-0.05, 0) is 43.4 Å². The maximum Gasteiger partial charge on any atom is 0.416 e. The molecule has 1 aliphatic heterocycles. The highest BCUT2D eigenvalue weighted by Crippen LogP contribution is 2.34. The Labute approximate surface area is 127 Å². The lowest BCUT2D eigenvalue weighted by molar-refractivity contribution is -0.137. The molecule has 0 saturated carbocycles. The van der Waals surface area contributed by atoms with Gasteiger partial charge in [0.25, 0.3) is 0 Å². The molecule has 4 nitrogen and oxygen atoms in total. The summed E-state index contributed by atoms with van der Waals surface area (Å²) in [5, 5.41) is 3.37. The second-order valence-corrected chi connectivity index (χ2v) is 5.72. The predicted octanol–water partition coefficient (Wildman–Crippen LogP) is 2.19. The van der Waals surface area contributed by atoms with E-state index in [1.807, 2.05) is 6.92 Å². The first-order chi connectivity index (χ1) is 10.3. The van der Waals surface area contributed by atoms with Crippen LogP contribution < -0.4 is 22.3 Å². The zero-order valence-electron chi connectivity index (χ0n) is 12.3. The van der Waals surface area contributed by atoms with Gasteiger partial charge in [-0.1, -0.05) is 12.1 Å². The Morgan fingerprint density at radius 2 is 1.91 bits per heavy atom. The first-order valence-electron chi connectivity index (χ1n) is 7.16. The van der Waals surface area contributed by atoms with Gasteiger partial charge in [-0.3, -0.25) is 5.84 Å². The van der Waals surface area contributed by atoms with Crippen LogP contribution in [0.5, 0.6) is 0 Å². The molecule has 1 aromatic carbocycles. The fourth-order valence-electron chi connectivity index (χ4n) is 2.93. The first kappa shape index (κ1) is 16.6. The minimum absolute atomic E-state index is 0.0490. The molecule has 7 heteroatoms. The minimum atomic E-state index is -4.30. The summed E-state index contributed by atoms with van der Waals surface area (Å²) in [6, 6.07) is 5.56. The number of nitrogens with two attached hydrogens (primary N) is 2. The van der Waals surface area contributed by atoms with Crippen LogP contribution in [0.25, 0.3) is 0 Å². The molecule has 6 N–H and O–H groups in total. The number of hydrogen-bond acceptors (Lipinski definition) is 4. The van der Waals surface area contributed by atoms with E-state index in [-0.39, 0.29) is 18.0 Å². The second-order valence-electron chi connectivity index (χ2n) is 5.72. The van der Waals surface area contributed by atoms with Gasteiger partial charge in [-0.25, -0.2) is 0 Å². The van der Waals surface area contributed by atoms with E-state index >= 15 is 0 Å². The highest BCUT2D eigenvalue weighted by Gasteiger charge is 2.32. The van der Waals surface area contributed by atoms with Crippen molar-refractivity contribution >= 4 is 0 Å². The molecule has 122 valence electrons. The number of halogens is 3. The van der Waals surface area contributed by atoms with Crippen molar-refractivity contribution in [2.75, 3.05) is 0 Å². The van der Waals surface area contributed by atoms with Crippen LogP contribution in [-0.2, 0) is 6.18 Å². The number of rotatable bonds is 3. The van der Waals surface area contributed by atoms with Gasteiger partial charge < -0.3 is 16.5 Å². The van der Waals surface area contributed by atoms with Gasteiger partial charge in [0.05, 0.1) is 5.56 Å². The van der Waals surface area contributed by atoms with Crippen LogP contribution in [0.15, 0.2) is 36.2 Å². The average Bonchev–Trinajstić information content (AvgIpc) is 2.46. The van der Waals surface area contributed by atoms with Crippen LogP contribution in [0.4, 0.5) is 13.2 Å². The minimum Gasteiger partial charge on any atom is -0.400 e. The molecule has 3 unspecified atom stereocenters. The van der Waals surface area contributed by atoms with Crippen molar-refractivity contribution in [1.29, 1.82) is 0 Å². The molecule has 0 bridgehead atoms. The largest absolute Gasteiger partial charge is 0.416 e. The van der Waals surface area contributed by atoms with Gasteiger partial charge >= 0.3 is 6.18 Å². The molecule has 22 heavy (non-hydrogen) atoms. The molecule has 1 aromatic rings. The van der Waals surface area contributed by atoms with E-state index in [0.29, 0.717) is 5.70 Å². The molecule has 0 radical (unpaired) electrons. The highest BCUT2D eigenvalue weighted by atomic mass is 19.4. The SMILES string of the molecule is CC1CC(c2ccc(C(F)(F)F)cc2)CC(/C(N)=C/NN)N1.